The zero-order valence-electron chi connectivity index (χ0n) is 29.9. The van der Waals surface area contributed by atoms with Gasteiger partial charge in [-0.15, -0.1) is 0 Å². The van der Waals surface area contributed by atoms with Crippen LogP contribution in [-0.2, 0) is 0 Å². The quantitative estimate of drug-likeness (QED) is 0.181. The Morgan fingerprint density at radius 3 is 1.51 bits per heavy atom. The molecule has 0 saturated heterocycles. The molecule has 0 atom stereocenters. The first-order chi connectivity index (χ1) is 26.0. The van der Waals surface area contributed by atoms with E-state index in [0.717, 1.165) is 50.8 Å². The van der Waals surface area contributed by atoms with Crippen molar-refractivity contribution in [2.75, 3.05) is 0 Å². The maximum atomic E-state index is 5.17. The Hall–Kier alpha value is -6.78. The van der Waals surface area contributed by atoms with Crippen molar-refractivity contribution < 1.29 is 0 Å². The lowest BCUT2D eigenvalue weighted by atomic mass is 10.0. The second kappa shape index (κ2) is 12.2. The molecule has 0 aliphatic heterocycles. The minimum absolute atomic E-state index is 0.729. The van der Waals surface area contributed by atoms with Crippen molar-refractivity contribution in [2.24, 2.45) is 0 Å². The van der Waals surface area contributed by atoms with E-state index < -0.39 is 0 Å². The van der Waals surface area contributed by atoms with Crippen LogP contribution in [0.2, 0.25) is 0 Å². The molecule has 0 N–H and O–H groups in total. The van der Waals surface area contributed by atoms with Crippen LogP contribution in [0, 0.1) is 20.8 Å². The average molecular weight is 681 g/mol. The molecule has 10 rings (SSSR count). The second-order valence-electron chi connectivity index (χ2n) is 14.1. The van der Waals surface area contributed by atoms with Gasteiger partial charge in [0.05, 0.1) is 33.5 Å². The second-order valence-corrected chi connectivity index (χ2v) is 14.1. The molecule has 3 aromatic heterocycles. The third-order valence-corrected chi connectivity index (χ3v) is 10.6. The van der Waals surface area contributed by atoms with Gasteiger partial charge in [0.1, 0.15) is 0 Å². The number of nitrogens with zero attached hydrogens (tertiary/aromatic N) is 4. The molecule has 252 valence electrons. The first-order valence-electron chi connectivity index (χ1n) is 18.2. The van der Waals surface area contributed by atoms with Crippen molar-refractivity contribution in [1.29, 1.82) is 0 Å². The minimum atomic E-state index is 0.729. The van der Waals surface area contributed by atoms with Crippen LogP contribution in [0.4, 0.5) is 0 Å². The Morgan fingerprint density at radius 1 is 0.377 bits per heavy atom. The van der Waals surface area contributed by atoms with Gasteiger partial charge in [-0.2, -0.15) is 0 Å². The Bertz CT molecular complexity index is 2930. The Morgan fingerprint density at radius 2 is 0.887 bits per heavy atom. The largest absolute Gasteiger partial charge is 0.309 e. The maximum Gasteiger partial charge on any atom is 0.160 e. The van der Waals surface area contributed by atoms with Gasteiger partial charge in [-0.3, -0.25) is 0 Å². The third-order valence-electron chi connectivity index (χ3n) is 10.6. The molecule has 0 aliphatic carbocycles. The molecule has 4 heteroatoms. The first-order valence-corrected chi connectivity index (χ1v) is 18.2. The molecule has 7 aromatic carbocycles. The number of aromatic nitrogens is 4. The highest BCUT2D eigenvalue weighted by atomic mass is 15.0. The fourth-order valence-electron chi connectivity index (χ4n) is 8.10. The fraction of sp³-hybridized carbons (Fsp3) is 0.0612. The molecular weight excluding hydrogens is 645 g/mol. The van der Waals surface area contributed by atoms with Crippen LogP contribution in [0.15, 0.2) is 164 Å². The van der Waals surface area contributed by atoms with Crippen molar-refractivity contribution in [3.05, 3.63) is 180 Å². The van der Waals surface area contributed by atoms with Crippen LogP contribution in [0.3, 0.4) is 0 Å². The molecule has 0 spiro atoms. The molecule has 0 bridgehead atoms. The van der Waals surface area contributed by atoms with Gasteiger partial charge in [0.25, 0.3) is 0 Å². The topological polar surface area (TPSA) is 35.6 Å². The van der Waals surface area contributed by atoms with Gasteiger partial charge in [0.2, 0.25) is 0 Å². The zero-order valence-corrected chi connectivity index (χ0v) is 29.9. The molecule has 0 amide bonds. The Kier molecular flexibility index (Phi) is 7.12. The predicted octanol–water partition coefficient (Wildman–Crippen LogP) is 12.6. The summed E-state index contributed by atoms with van der Waals surface area (Å²) in [5, 5.41) is 4.99. The van der Waals surface area contributed by atoms with Gasteiger partial charge >= 0.3 is 0 Å². The fourth-order valence-corrected chi connectivity index (χ4v) is 8.10. The van der Waals surface area contributed by atoms with Gasteiger partial charge in [0.15, 0.2) is 5.82 Å². The standard InChI is InChI=1S/C49H36N4/c1-31-12-10-14-34(26-31)43-30-44(51-49(50-43)35-15-11-13-32(2)27-35)38-24-22-36(28-33(38)3)52-47-21-9-6-18-41(47)42-29-37(23-25-48(42)52)53-45-19-7-4-16-39(45)40-17-5-8-20-46(40)53/h4-30H,1-3H3. The number of rotatable bonds is 5. The van der Waals surface area contributed by atoms with E-state index in [1.165, 1.54) is 54.7 Å². The third kappa shape index (κ3) is 5.14. The summed E-state index contributed by atoms with van der Waals surface area (Å²) in [6.07, 6.45) is 0. The summed E-state index contributed by atoms with van der Waals surface area (Å²) in [4.78, 5) is 10.3. The molecule has 0 unspecified atom stereocenters. The van der Waals surface area contributed by atoms with E-state index in [1.807, 2.05) is 0 Å². The zero-order chi connectivity index (χ0) is 35.6. The molecular formula is C49H36N4. The average Bonchev–Trinajstić information content (AvgIpc) is 3.70. The highest BCUT2D eigenvalue weighted by Gasteiger charge is 2.18. The summed E-state index contributed by atoms with van der Waals surface area (Å²) >= 11 is 0. The van der Waals surface area contributed by atoms with Gasteiger partial charge in [-0.1, -0.05) is 108 Å². The minimum Gasteiger partial charge on any atom is -0.309 e. The van der Waals surface area contributed by atoms with Crippen LogP contribution in [0.5, 0.6) is 0 Å². The predicted molar refractivity (Wildman–Crippen MR) is 221 cm³/mol. The molecule has 0 fully saturated rings. The van der Waals surface area contributed by atoms with E-state index in [-0.39, 0.29) is 0 Å². The summed E-state index contributed by atoms with van der Waals surface area (Å²) in [6, 6.07) is 58.9. The summed E-state index contributed by atoms with van der Waals surface area (Å²) < 4.78 is 4.79. The monoisotopic (exact) mass is 680 g/mol. The number of para-hydroxylation sites is 3. The van der Waals surface area contributed by atoms with Crippen molar-refractivity contribution in [3.8, 4) is 45.3 Å². The van der Waals surface area contributed by atoms with Crippen LogP contribution in [0.25, 0.3) is 88.9 Å². The van der Waals surface area contributed by atoms with E-state index in [9.17, 15) is 0 Å². The van der Waals surface area contributed by atoms with Crippen molar-refractivity contribution >= 4 is 43.6 Å². The molecule has 10 aromatic rings. The van der Waals surface area contributed by atoms with Crippen LogP contribution in [0.1, 0.15) is 16.7 Å². The molecule has 0 saturated carbocycles. The number of benzene rings is 7. The van der Waals surface area contributed by atoms with Crippen molar-refractivity contribution in [2.45, 2.75) is 20.8 Å². The van der Waals surface area contributed by atoms with E-state index in [0.29, 0.717) is 0 Å². The smallest absolute Gasteiger partial charge is 0.160 e. The van der Waals surface area contributed by atoms with Gasteiger partial charge < -0.3 is 9.13 Å². The van der Waals surface area contributed by atoms with Crippen molar-refractivity contribution in [1.82, 2.24) is 19.1 Å². The maximum absolute atomic E-state index is 5.17. The summed E-state index contributed by atoms with van der Waals surface area (Å²) in [5.41, 5.74) is 15.6. The van der Waals surface area contributed by atoms with Crippen LogP contribution in [-0.4, -0.2) is 19.1 Å². The highest BCUT2D eigenvalue weighted by molar-refractivity contribution is 6.12. The van der Waals surface area contributed by atoms with Gasteiger partial charge in [-0.25, -0.2) is 9.97 Å². The Balaban J connectivity index is 1.13. The normalized spacial score (nSPS) is 11.7. The van der Waals surface area contributed by atoms with E-state index in [1.54, 1.807) is 0 Å². The lowest BCUT2D eigenvalue weighted by Gasteiger charge is -2.14. The molecule has 53 heavy (non-hydrogen) atoms. The van der Waals surface area contributed by atoms with Crippen LogP contribution < -0.4 is 0 Å². The molecule has 4 nitrogen and oxygen atoms in total. The number of aryl methyl sites for hydroxylation is 3. The number of fused-ring (bicyclic) bond motifs is 6. The van der Waals surface area contributed by atoms with E-state index >= 15 is 0 Å². The molecule has 0 aliphatic rings. The molecule has 0 radical (unpaired) electrons. The SMILES string of the molecule is Cc1cccc(-c2cc(-c3ccc(-n4c5ccccc5c5cc(-n6c7ccccc7c7ccccc76)ccc54)cc3C)nc(-c3cccc(C)c3)n2)c1. The van der Waals surface area contributed by atoms with E-state index in [2.05, 4.69) is 194 Å². The number of hydrogen-bond acceptors (Lipinski definition) is 2. The molecule has 3 heterocycles. The van der Waals surface area contributed by atoms with Gasteiger partial charge in [0, 0.05) is 49.6 Å². The summed E-state index contributed by atoms with van der Waals surface area (Å²) in [6.45, 7) is 6.42. The first kappa shape index (κ1) is 31.0. The number of hydrogen-bond donors (Lipinski definition) is 0. The lowest BCUT2D eigenvalue weighted by Crippen LogP contribution is -1.99. The summed E-state index contributed by atoms with van der Waals surface area (Å²) in [7, 11) is 0. The summed E-state index contributed by atoms with van der Waals surface area (Å²) in [5.74, 6) is 0.729. The van der Waals surface area contributed by atoms with E-state index in [4.69, 9.17) is 9.97 Å². The van der Waals surface area contributed by atoms with Gasteiger partial charge in [-0.05, 0) is 93.1 Å². The van der Waals surface area contributed by atoms with Crippen LogP contribution >= 0.6 is 0 Å². The van der Waals surface area contributed by atoms with Crippen molar-refractivity contribution in [3.63, 3.8) is 0 Å². The Labute approximate surface area is 308 Å². The highest BCUT2D eigenvalue weighted by Crippen LogP contribution is 2.38. The lowest BCUT2D eigenvalue weighted by molar-refractivity contribution is 1.15.